The van der Waals surface area contributed by atoms with E-state index in [1.54, 1.807) is 18.3 Å². The molecule has 0 radical (unpaired) electrons. The number of thiazole rings is 1. The number of halogens is 3. The molecule has 4 aromatic rings. The van der Waals surface area contributed by atoms with Crippen molar-refractivity contribution in [3.63, 3.8) is 0 Å². The molecule has 0 aromatic carbocycles. The fourth-order valence-corrected chi connectivity index (χ4v) is 5.82. The molecule has 36 heavy (non-hydrogen) atoms. The van der Waals surface area contributed by atoms with Crippen molar-refractivity contribution < 1.29 is 22.4 Å². The Hall–Kier alpha value is -3.12. The van der Waals surface area contributed by atoms with E-state index in [-0.39, 0.29) is 5.41 Å². The van der Waals surface area contributed by atoms with Crippen LogP contribution >= 0.6 is 11.3 Å². The zero-order valence-electron chi connectivity index (χ0n) is 19.7. The molecule has 12 heteroatoms. The highest BCUT2D eigenvalue weighted by Gasteiger charge is 2.46. The third-order valence-electron chi connectivity index (χ3n) is 6.84. The Labute approximate surface area is 209 Å². The van der Waals surface area contributed by atoms with E-state index in [0.717, 1.165) is 37.8 Å². The molecule has 5 rings (SSSR count). The van der Waals surface area contributed by atoms with E-state index in [9.17, 15) is 13.2 Å². The summed E-state index contributed by atoms with van der Waals surface area (Å²) in [5.41, 5.74) is 0.502. The van der Waals surface area contributed by atoms with E-state index >= 15 is 0 Å². The van der Waals surface area contributed by atoms with Gasteiger partial charge in [0.05, 0.1) is 18.5 Å². The summed E-state index contributed by atoms with van der Waals surface area (Å²) in [6, 6.07) is 5.81. The highest BCUT2D eigenvalue weighted by molar-refractivity contribution is 7.19. The highest BCUT2D eigenvalue weighted by atomic mass is 32.1. The van der Waals surface area contributed by atoms with Crippen molar-refractivity contribution >= 4 is 21.7 Å². The van der Waals surface area contributed by atoms with Crippen molar-refractivity contribution in [3.05, 3.63) is 48.1 Å². The Morgan fingerprint density at radius 3 is 2.75 bits per heavy atom. The predicted octanol–water partition coefficient (Wildman–Crippen LogP) is 5.13. The van der Waals surface area contributed by atoms with Gasteiger partial charge in [-0.05, 0) is 62.0 Å². The first-order valence-electron chi connectivity index (χ1n) is 11.7. The second kappa shape index (κ2) is 9.74. The summed E-state index contributed by atoms with van der Waals surface area (Å²) in [6.45, 7) is 6.60. The van der Waals surface area contributed by atoms with Crippen molar-refractivity contribution in [2.75, 3.05) is 19.7 Å². The van der Waals surface area contributed by atoms with Gasteiger partial charge >= 0.3 is 6.18 Å². The molecule has 1 N–H and O–H groups in total. The fraction of sp³-hybridized carbons (Fsp3) is 0.458. The van der Waals surface area contributed by atoms with Gasteiger partial charge in [0.2, 0.25) is 0 Å². The summed E-state index contributed by atoms with van der Waals surface area (Å²) in [7, 11) is 0. The molecular weight excluding hydrogens is 493 g/mol. The second-order valence-corrected chi connectivity index (χ2v) is 10.2. The van der Waals surface area contributed by atoms with Crippen LogP contribution in [0.15, 0.2) is 41.2 Å². The Bertz CT molecular complexity index is 1310. The summed E-state index contributed by atoms with van der Waals surface area (Å²) in [6.07, 6.45) is 0.0191. The number of alkyl halides is 3. The molecule has 0 spiro atoms. The lowest BCUT2D eigenvalue weighted by Gasteiger charge is -2.44. The Balaban J connectivity index is 1.32. The van der Waals surface area contributed by atoms with Crippen LogP contribution in [0.5, 0.6) is 5.19 Å². The van der Waals surface area contributed by atoms with Crippen LogP contribution in [0.1, 0.15) is 38.1 Å². The molecule has 0 bridgehead atoms. The van der Waals surface area contributed by atoms with Gasteiger partial charge in [-0.1, -0.05) is 25.2 Å². The monoisotopic (exact) mass is 518 g/mol. The zero-order valence-corrected chi connectivity index (χ0v) is 20.6. The molecule has 4 aromatic heterocycles. The number of aromatic nitrogens is 5. The third kappa shape index (κ3) is 4.79. The average Bonchev–Trinajstić information content (AvgIpc) is 3.53. The quantitative estimate of drug-likeness (QED) is 0.360. The fourth-order valence-electron chi connectivity index (χ4n) is 5.00. The van der Waals surface area contributed by atoms with Crippen molar-refractivity contribution in [2.24, 2.45) is 11.8 Å². The SMILES string of the molecule is CC(C)C1CNCC[C@@]1(CCOc1nc2ccc(-c3ccc(C(F)(F)F)nc3)nc2s1)c1cnno1. The number of pyridine rings is 2. The van der Waals surface area contributed by atoms with Gasteiger partial charge < -0.3 is 14.6 Å². The van der Waals surface area contributed by atoms with E-state index in [0.29, 0.717) is 45.2 Å². The minimum absolute atomic E-state index is 0.236. The molecule has 190 valence electrons. The molecule has 0 amide bonds. The van der Waals surface area contributed by atoms with Gasteiger partial charge in [-0.25, -0.2) is 9.97 Å². The first-order chi connectivity index (χ1) is 17.3. The van der Waals surface area contributed by atoms with Crippen LogP contribution in [0, 0.1) is 11.8 Å². The van der Waals surface area contributed by atoms with E-state index < -0.39 is 11.9 Å². The molecule has 1 saturated heterocycles. The highest BCUT2D eigenvalue weighted by Crippen LogP contribution is 2.44. The normalized spacial score (nSPS) is 20.8. The Kier molecular flexibility index (Phi) is 6.64. The number of hydrogen-bond acceptors (Lipinski definition) is 9. The molecule has 0 saturated carbocycles. The average molecular weight is 519 g/mol. The van der Waals surface area contributed by atoms with Crippen LogP contribution in [0.4, 0.5) is 13.2 Å². The van der Waals surface area contributed by atoms with Gasteiger partial charge in [0.1, 0.15) is 16.0 Å². The number of nitrogens with one attached hydrogen (secondary N) is 1. The lowest BCUT2D eigenvalue weighted by molar-refractivity contribution is -0.141. The summed E-state index contributed by atoms with van der Waals surface area (Å²) in [5, 5.41) is 11.6. The lowest BCUT2D eigenvalue weighted by atomic mass is 9.63. The van der Waals surface area contributed by atoms with Crippen LogP contribution < -0.4 is 10.1 Å². The molecule has 1 unspecified atom stereocenters. The number of nitrogens with zero attached hydrogens (tertiary/aromatic N) is 5. The number of hydrogen-bond donors (Lipinski definition) is 1. The summed E-state index contributed by atoms with van der Waals surface area (Å²) >= 11 is 1.30. The number of fused-ring (bicyclic) bond motifs is 1. The maximum atomic E-state index is 12.8. The van der Waals surface area contributed by atoms with E-state index in [2.05, 4.69) is 44.5 Å². The zero-order chi connectivity index (χ0) is 25.3. The van der Waals surface area contributed by atoms with E-state index in [4.69, 9.17) is 9.26 Å². The van der Waals surface area contributed by atoms with Crippen molar-refractivity contribution in [2.45, 2.75) is 38.3 Å². The molecule has 8 nitrogen and oxygen atoms in total. The smallest absolute Gasteiger partial charge is 0.433 e. The molecule has 2 atom stereocenters. The molecular formula is C24H25F3N6O2S. The molecule has 1 aliphatic rings. The Morgan fingerprint density at radius 2 is 2.06 bits per heavy atom. The van der Waals surface area contributed by atoms with Crippen molar-refractivity contribution in [1.82, 2.24) is 30.6 Å². The predicted molar refractivity (Wildman–Crippen MR) is 128 cm³/mol. The number of piperidine rings is 1. The maximum Gasteiger partial charge on any atom is 0.433 e. The standard InChI is InChI=1S/C24H25F3N6O2S/c1-14(2)16-12-28-9-7-23(16,20-13-30-33-35-20)8-10-34-22-32-18-5-4-17(31-21(18)36-22)15-3-6-19(29-11-15)24(25,26)27/h3-6,11,13-14,16,28H,7-10,12H2,1-2H3/t16?,23-/m0/s1. The van der Waals surface area contributed by atoms with Crippen molar-refractivity contribution in [1.29, 1.82) is 0 Å². The van der Waals surface area contributed by atoms with Gasteiger partial charge in [-0.15, -0.1) is 5.10 Å². The number of rotatable bonds is 7. The van der Waals surface area contributed by atoms with Crippen LogP contribution in [0.2, 0.25) is 0 Å². The van der Waals surface area contributed by atoms with Gasteiger partial charge in [0, 0.05) is 22.4 Å². The minimum atomic E-state index is -4.48. The third-order valence-corrected chi connectivity index (χ3v) is 7.72. The Morgan fingerprint density at radius 1 is 1.19 bits per heavy atom. The van der Waals surface area contributed by atoms with Gasteiger partial charge in [0.15, 0.2) is 5.76 Å². The first-order valence-corrected chi connectivity index (χ1v) is 12.5. The minimum Gasteiger partial charge on any atom is -0.470 e. The van der Waals surface area contributed by atoms with Crippen LogP contribution in [0.3, 0.4) is 0 Å². The topological polar surface area (TPSA) is 98.8 Å². The maximum absolute atomic E-state index is 12.8. The van der Waals surface area contributed by atoms with Gasteiger partial charge in [0.25, 0.3) is 5.19 Å². The van der Waals surface area contributed by atoms with Gasteiger partial charge in [-0.2, -0.15) is 13.2 Å². The van der Waals surface area contributed by atoms with Crippen LogP contribution in [-0.4, -0.2) is 45.0 Å². The van der Waals surface area contributed by atoms with E-state index in [1.807, 2.05) is 0 Å². The first kappa shape index (κ1) is 24.6. The van der Waals surface area contributed by atoms with Crippen molar-refractivity contribution in [3.8, 4) is 16.5 Å². The number of ether oxygens (including phenoxy) is 1. The van der Waals surface area contributed by atoms with Crippen LogP contribution in [-0.2, 0) is 11.6 Å². The summed E-state index contributed by atoms with van der Waals surface area (Å²) in [5.74, 6) is 1.54. The lowest BCUT2D eigenvalue weighted by Crippen LogP contribution is -2.50. The van der Waals surface area contributed by atoms with Gasteiger partial charge in [-0.3, -0.25) is 4.98 Å². The molecule has 1 aliphatic heterocycles. The molecule has 5 heterocycles. The summed E-state index contributed by atoms with van der Waals surface area (Å²) < 4.78 is 50.0. The largest absolute Gasteiger partial charge is 0.470 e. The summed E-state index contributed by atoms with van der Waals surface area (Å²) in [4.78, 5) is 13.2. The molecule has 1 fully saturated rings. The van der Waals surface area contributed by atoms with Crippen LogP contribution in [0.25, 0.3) is 21.6 Å². The second-order valence-electron chi connectivity index (χ2n) is 9.27. The van der Waals surface area contributed by atoms with E-state index in [1.165, 1.54) is 23.6 Å². The molecule has 0 aliphatic carbocycles.